The van der Waals surface area contributed by atoms with E-state index in [1.807, 2.05) is 13.0 Å². The highest BCUT2D eigenvalue weighted by Gasteiger charge is 2.33. The van der Waals surface area contributed by atoms with Gasteiger partial charge in [-0.15, -0.1) is 0 Å². The van der Waals surface area contributed by atoms with E-state index in [0.29, 0.717) is 30.0 Å². The Balaban J connectivity index is 1.70. The topological polar surface area (TPSA) is 102 Å². The summed E-state index contributed by atoms with van der Waals surface area (Å²) >= 11 is 0. The molecule has 1 aromatic carbocycles. The zero-order chi connectivity index (χ0) is 19.7. The quantitative estimate of drug-likeness (QED) is 0.757. The summed E-state index contributed by atoms with van der Waals surface area (Å²) in [5.74, 6) is 0.243. The number of amidine groups is 1. The Labute approximate surface area is 160 Å². The van der Waals surface area contributed by atoms with Crippen molar-refractivity contribution in [3.63, 3.8) is 0 Å². The third kappa shape index (κ3) is 3.18. The summed E-state index contributed by atoms with van der Waals surface area (Å²) in [6, 6.07) is 10.4. The van der Waals surface area contributed by atoms with Gasteiger partial charge in [-0.05, 0) is 36.8 Å². The van der Waals surface area contributed by atoms with Crippen molar-refractivity contribution in [1.29, 1.82) is 5.26 Å². The summed E-state index contributed by atoms with van der Waals surface area (Å²) in [5, 5.41) is 13.2. The summed E-state index contributed by atoms with van der Waals surface area (Å²) < 4.78 is 21.4. The van der Waals surface area contributed by atoms with Crippen molar-refractivity contribution in [2.24, 2.45) is 10.7 Å². The fourth-order valence-electron chi connectivity index (χ4n) is 3.18. The average molecular weight is 376 g/mol. The highest BCUT2D eigenvalue weighted by atomic mass is 19.1. The molecule has 1 atom stereocenters. The summed E-state index contributed by atoms with van der Waals surface area (Å²) in [6.07, 6.45) is 5.50. The van der Waals surface area contributed by atoms with Crippen LogP contribution in [0, 0.1) is 17.1 Å². The minimum Gasteiger partial charge on any atom is -0.465 e. The number of rotatable bonds is 3. The number of ether oxygens (including phenoxy) is 1. The van der Waals surface area contributed by atoms with Crippen LogP contribution in [-0.2, 0) is 10.3 Å². The molecule has 28 heavy (non-hydrogen) atoms. The number of benzene rings is 1. The van der Waals surface area contributed by atoms with Crippen LogP contribution in [0.3, 0.4) is 0 Å². The average Bonchev–Trinajstić information content (AvgIpc) is 3.18. The third-order valence-electron chi connectivity index (χ3n) is 4.77. The minimum atomic E-state index is -0.785. The first kappa shape index (κ1) is 17.7. The van der Waals surface area contributed by atoms with Crippen molar-refractivity contribution in [1.82, 2.24) is 14.8 Å². The van der Waals surface area contributed by atoms with Crippen molar-refractivity contribution in [3.8, 4) is 23.0 Å². The van der Waals surface area contributed by atoms with Crippen LogP contribution >= 0.6 is 0 Å². The van der Waals surface area contributed by atoms with Crippen LogP contribution in [0.4, 0.5) is 4.39 Å². The standard InChI is InChI=1S/C20H17FN6O/c1-20(6-7-28-19(23)26-20)16-8-14(3-4-17(16)21)15-11-25-27(12-15)18-5-2-13(9-22)10-24-18/h2-5,8,10-12H,6-7H2,1H3,(H2,23,26)/t20-/m0/s1. The number of nitrogens with two attached hydrogens (primary N) is 1. The molecule has 3 heterocycles. The fourth-order valence-corrected chi connectivity index (χ4v) is 3.18. The molecule has 0 saturated carbocycles. The minimum absolute atomic E-state index is 0.0678. The van der Waals surface area contributed by atoms with Crippen molar-refractivity contribution in [2.45, 2.75) is 18.9 Å². The number of pyridine rings is 1. The number of aliphatic imine (C=N–C) groups is 1. The molecule has 2 N–H and O–H groups in total. The molecule has 0 fully saturated rings. The van der Waals surface area contributed by atoms with Crippen molar-refractivity contribution >= 4 is 6.02 Å². The van der Waals surface area contributed by atoms with E-state index in [2.05, 4.69) is 15.1 Å². The Hall–Kier alpha value is -3.73. The van der Waals surface area contributed by atoms with Gasteiger partial charge in [0.2, 0.25) is 0 Å². The van der Waals surface area contributed by atoms with Gasteiger partial charge in [0.25, 0.3) is 6.02 Å². The molecular weight excluding hydrogens is 359 g/mol. The zero-order valence-electron chi connectivity index (χ0n) is 15.1. The largest absolute Gasteiger partial charge is 0.465 e. The van der Waals surface area contributed by atoms with Crippen LogP contribution in [0.5, 0.6) is 0 Å². The van der Waals surface area contributed by atoms with Crippen molar-refractivity contribution < 1.29 is 9.13 Å². The summed E-state index contributed by atoms with van der Waals surface area (Å²) in [5.41, 5.74) is 7.46. The smallest absolute Gasteiger partial charge is 0.282 e. The van der Waals surface area contributed by atoms with Crippen LogP contribution in [-0.4, -0.2) is 27.4 Å². The number of hydrogen-bond donors (Lipinski definition) is 1. The second kappa shape index (κ2) is 6.78. The summed E-state index contributed by atoms with van der Waals surface area (Å²) in [4.78, 5) is 8.55. The van der Waals surface area contributed by atoms with E-state index in [0.717, 1.165) is 11.1 Å². The fraction of sp³-hybridized carbons (Fsp3) is 0.200. The zero-order valence-corrected chi connectivity index (χ0v) is 15.1. The number of halogens is 1. The van der Waals surface area contributed by atoms with Gasteiger partial charge in [0, 0.05) is 29.9 Å². The van der Waals surface area contributed by atoms with Gasteiger partial charge < -0.3 is 10.5 Å². The normalized spacial score (nSPS) is 18.8. The number of nitriles is 1. The molecular formula is C20H17FN6O. The molecule has 0 amide bonds. The van der Waals surface area contributed by atoms with Crippen molar-refractivity contribution in [2.75, 3.05) is 6.61 Å². The van der Waals surface area contributed by atoms with Crippen LogP contribution in [0.25, 0.3) is 16.9 Å². The molecule has 0 aliphatic carbocycles. The lowest BCUT2D eigenvalue weighted by Gasteiger charge is -2.30. The van der Waals surface area contributed by atoms with Crippen molar-refractivity contribution in [3.05, 3.63) is 65.9 Å². The van der Waals surface area contributed by atoms with Gasteiger partial charge in [-0.1, -0.05) is 6.07 Å². The second-order valence-electron chi connectivity index (χ2n) is 6.71. The van der Waals surface area contributed by atoms with E-state index in [-0.39, 0.29) is 11.8 Å². The molecule has 0 bridgehead atoms. The first-order chi connectivity index (χ1) is 13.5. The summed E-state index contributed by atoms with van der Waals surface area (Å²) in [6.45, 7) is 2.23. The molecule has 2 aromatic heterocycles. The molecule has 140 valence electrons. The van der Waals surface area contributed by atoms with E-state index >= 15 is 0 Å². The molecule has 7 nitrogen and oxygen atoms in total. The molecule has 0 saturated heterocycles. The molecule has 3 aromatic rings. The molecule has 0 unspecified atom stereocenters. The predicted octanol–water partition coefficient (Wildman–Crippen LogP) is 2.90. The highest BCUT2D eigenvalue weighted by Crippen LogP contribution is 2.36. The van der Waals surface area contributed by atoms with Gasteiger partial charge in [-0.25, -0.2) is 19.0 Å². The maximum atomic E-state index is 14.6. The van der Waals surface area contributed by atoms with Crippen LogP contribution in [0.1, 0.15) is 24.5 Å². The predicted molar refractivity (Wildman–Crippen MR) is 101 cm³/mol. The van der Waals surface area contributed by atoms with Gasteiger partial charge in [-0.2, -0.15) is 10.4 Å². The van der Waals surface area contributed by atoms with E-state index in [4.69, 9.17) is 15.7 Å². The first-order valence-corrected chi connectivity index (χ1v) is 8.68. The molecule has 4 rings (SSSR count). The number of aromatic nitrogens is 3. The maximum Gasteiger partial charge on any atom is 0.282 e. The SMILES string of the molecule is C[C@@]1(c2cc(-c3cnn(-c4ccc(C#N)cn4)c3)ccc2F)CCOC(N)=N1. The Morgan fingerprint density at radius 1 is 1.25 bits per heavy atom. The first-order valence-electron chi connectivity index (χ1n) is 8.68. The maximum absolute atomic E-state index is 14.6. The number of hydrogen-bond acceptors (Lipinski definition) is 6. The van der Waals surface area contributed by atoms with Gasteiger partial charge in [0.15, 0.2) is 5.82 Å². The molecule has 0 spiro atoms. The van der Waals surface area contributed by atoms with Gasteiger partial charge in [-0.3, -0.25) is 0 Å². The lowest BCUT2D eigenvalue weighted by molar-refractivity contribution is 0.215. The Bertz CT molecular complexity index is 1100. The van der Waals surface area contributed by atoms with Gasteiger partial charge in [0.1, 0.15) is 11.9 Å². The lowest BCUT2D eigenvalue weighted by atomic mass is 9.87. The van der Waals surface area contributed by atoms with E-state index < -0.39 is 5.54 Å². The Kier molecular flexibility index (Phi) is 4.28. The third-order valence-corrected chi connectivity index (χ3v) is 4.77. The van der Waals surface area contributed by atoms with E-state index in [1.165, 1.54) is 12.3 Å². The highest BCUT2D eigenvalue weighted by molar-refractivity contribution is 5.73. The molecule has 8 heteroatoms. The second-order valence-corrected chi connectivity index (χ2v) is 6.71. The van der Waals surface area contributed by atoms with E-state index in [1.54, 1.807) is 41.3 Å². The Morgan fingerprint density at radius 3 is 2.82 bits per heavy atom. The van der Waals surface area contributed by atoms with E-state index in [9.17, 15) is 4.39 Å². The van der Waals surface area contributed by atoms with Crippen LogP contribution < -0.4 is 5.73 Å². The monoisotopic (exact) mass is 376 g/mol. The molecule has 1 aliphatic rings. The van der Waals surface area contributed by atoms with Gasteiger partial charge >= 0.3 is 0 Å². The lowest BCUT2D eigenvalue weighted by Crippen LogP contribution is -2.34. The number of nitrogens with zero attached hydrogens (tertiary/aromatic N) is 5. The summed E-state index contributed by atoms with van der Waals surface area (Å²) in [7, 11) is 0. The molecule has 0 radical (unpaired) electrons. The van der Waals surface area contributed by atoms with Crippen LogP contribution in [0.15, 0.2) is 53.9 Å². The van der Waals surface area contributed by atoms with Crippen LogP contribution in [0.2, 0.25) is 0 Å². The van der Waals surface area contributed by atoms with Gasteiger partial charge in [0.05, 0.1) is 23.9 Å². The Morgan fingerprint density at radius 2 is 2.11 bits per heavy atom. The molecule has 1 aliphatic heterocycles.